The van der Waals surface area contributed by atoms with Gasteiger partial charge < -0.3 is 20.1 Å². The van der Waals surface area contributed by atoms with Gasteiger partial charge in [-0.3, -0.25) is 9.59 Å². The average molecular weight is 401 g/mol. The van der Waals surface area contributed by atoms with Gasteiger partial charge in [-0.05, 0) is 5.56 Å². The molecular weight excluding hydrogens is 380 g/mol. The van der Waals surface area contributed by atoms with E-state index in [1.165, 1.54) is 7.11 Å². The summed E-state index contributed by atoms with van der Waals surface area (Å²) in [7, 11) is 1.26. The van der Waals surface area contributed by atoms with Crippen LogP contribution >= 0.6 is 15.9 Å². The second-order valence-corrected chi connectivity index (χ2v) is 5.72. The number of ether oxygens (including phenoxy) is 2. The molecule has 0 bridgehead atoms. The Morgan fingerprint density at radius 2 is 1.92 bits per heavy atom. The molecule has 0 saturated heterocycles. The van der Waals surface area contributed by atoms with Gasteiger partial charge in [-0.1, -0.05) is 46.3 Å². The van der Waals surface area contributed by atoms with Gasteiger partial charge in [0.25, 0.3) is 0 Å². The Bertz CT molecular complexity index is 539. The summed E-state index contributed by atoms with van der Waals surface area (Å²) in [6.07, 6.45) is -0.419. The van der Waals surface area contributed by atoms with Gasteiger partial charge in [0, 0.05) is 18.3 Å². The van der Waals surface area contributed by atoms with E-state index in [9.17, 15) is 14.4 Å². The highest BCUT2D eigenvalue weighted by Gasteiger charge is 2.18. The molecule has 7 nitrogen and oxygen atoms in total. The van der Waals surface area contributed by atoms with Crippen molar-refractivity contribution < 1.29 is 23.9 Å². The second kappa shape index (κ2) is 11.4. The van der Waals surface area contributed by atoms with Gasteiger partial charge in [0.15, 0.2) is 0 Å². The van der Waals surface area contributed by atoms with Crippen LogP contribution in [0.1, 0.15) is 18.4 Å². The summed E-state index contributed by atoms with van der Waals surface area (Å²) in [6.45, 7) is 0.231. The third-order valence-corrected chi connectivity index (χ3v) is 3.44. The topological polar surface area (TPSA) is 93.7 Å². The number of carbonyl (C=O) groups is 3. The molecule has 0 fully saturated rings. The van der Waals surface area contributed by atoms with Crippen LogP contribution in [0.4, 0.5) is 4.79 Å². The van der Waals surface area contributed by atoms with Crippen LogP contribution in [0.3, 0.4) is 0 Å². The molecule has 1 rings (SSSR count). The van der Waals surface area contributed by atoms with Gasteiger partial charge >= 0.3 is 12.1 Å². The predicted molar refractivity (Wildman–Crippen MR) is 91.6 cm³/mol. The molecule has 0 unspecified atom stereocenters. The van der Waals surface area contributed by atoms with Crippen LogP contribution in [0.15, 0.2) is 30.3 Å². The number of methoxy groups -OCH3 is 1. The zero-order chi connectivity index (χ0) is 17.8. The zero-order valence-corrected chi connectivity index (χ0v) is 15.0. The molecule has 0 aliphatic carbocycles. The molecule has 0 radical (unpaired) electrons. The molecule has 1 aromatic carbocycles. The van der Waals surface area contributed by atoms with Crippen LogP contribution < -0.4 is 10.6 Å². The number of esters is 1. The minimum absolute atomic E-state index is 0.0640. The summed E-state index contributed by atoms with van der Waals surface area (Å²) >= 11 is 3.17. The fraction of sp³-hybridized carbons (Fsp3) is 0.438. The maximum Gasteiger partial charge on any atom is 0.407 e. The monoisotopic (exact) mass is 400 g/mol. The largest absolute Gasteiger partial charge is 0.469 e. The normalized spacial score (nSPS) is 11.2. The molecule has 0 heterocycles. The Labute approximate surface area is 149 Å². The van der Waals surface area contributed by atoms with E-state index in [-0.39, 0.29) is 25.5 Å². The highest BCUT2D eigenvalue weighted by atomic mass is 79.9. The third kappa shape index (κ3) is 8.52. The Morgan fingerprint density at radius 1 is 1.21 bits per heavy atom. The standard InChI is InChI=1S/C16H21BrN2O5/c1-23-15(21)9-13(10-18-14(20)7-8-17)19-16(22)24-11-12-5-3-2-4-6-12/h2-6,13H,7-11H2,1H3,(H,18,20)(H,19,22)/t13-/m1/s1. The summed E-state index contributed by atoms with van der Waals surface area (Å²) in [6, 6.07) is 8.61. The van der Waals surface area contributed by atoms with E-state index in [4.69, 9.17) is 4.74 Å². The van der Waals surface area contributed by atoms with Crippen molar-refractivity contribution >= 4 is 33.9 Å². The first-order valence-corrected chi connectivity index (χ1v) is 8.54. The number of benzene rings is 1. The van der Waals surface area contributed by atoms with E-state index in [0.29, 0.717) is 11.8 Å². The van der Waals surface area contributed by atoms with E-state index in [0.717, 1.165) is 5.56 Å². The molecule has 2 amide bonds. The average Bonchev–Trinajstić information content (AvgIpc) is 2.59. The van der Waals surface area contributed by atoms with Crippen LogP contribution in [-0.4, -0.2) is 43.0 Å². The lowest BCUT2D eigenvalue weighted by molar-refractivity contribution is -0.141. The summed E-state index contributed by atoms with van der Waals surface area (Å²) < 4.78 is 9.70. The van der Waals surface area contributed by atoms with Crippen molar-refractivity contribution in [3.63, 3.8) is 0 Å². The number of rotatable bonds is 9. The molecule has 24 heavy (non-hydrogen) atoms. The number of nitrogens with one attached hydrogen (secondary N) is 2. The van der Waals surface area contributed by atoms with Gasteiger partial charge in [-0.15, -0.1) is 0 Å². The lowest BCUT2D eigenvalue weighted by Gasteiger charge is -2.18. The smallest absolute Gasteiger partial charge is 0.407 e. The minimum atomic E-state index is -0.664. The first kappa shape index (κ1) is 20.0. The number of carbonyl (C=O) groups excluding carboxylic acids is 3. The van der Waals surface area contributed by atoms with Gasteiger partial charge in [0.1, 0.15) is 6.61 Å². The minimum Gasteiger partial charge on any atom is -0.469 e. The summed E-state index contributed by atoms with van der Waals surface area (Å²) in [4.78, 5) is 34.8. The predicted octanol–water partition coefficient (Wildman–Crippen LogP) is 1.75. The maximum atomic E-state index is 11.9. The van der Waals surface area contributed by atoms with Gasteiger partial charge in [0.2, 0.25) is 5.91 Å². The van der Waals surface area contributed by atoms with Crippen molar-refractivity contribution in [2.24, 2.45) is 0 Å². The second-order valence-electron chi connectivity index (χ2n) is 4.93. The zero-order valence-electron chi connectivity index (χ0n) is 13.4. The van der Waals surface area contributed by atoms with E-state index >= 15 is 0 Å². The number of halogens is 1. The van der Waals surface area contributed by atoms with E-state index in [1.54, 1.807) is 0 Å². The van der Waals surface area contributed by atoms with E-state index < -0.39 is 18.1 Å². The number of hydrogen-bond donors (Lipinski definition) is 2. The van der Waals surface area contributed by atoms with Crippen molar-refractivity contribution in [3.8, 4) is 0 Å². The number of amides is 2. The molecule has 0 aromatic heterocycles. The van der Waals surface area contributed by atoms with E-state index in [2.05, 4.69) is 31.3 Å². The first-order chi connectivity index (χ1) is 11.5. The van der Waals surface area contributed by atoms with Crippen LogP contribution in [-0.2, 0) is 25.7 Å². The molecule has 2 N–H and O–H groups in total. The quantitative estimate of drug-likeness (QED) is 0.486. The van der Waals surface area contributed by atoms with Crippen molar-refractivity contribution in [1.29, 1.82) is 0 Å². The van der Waals surface area contributed by atoms with Gasteiger partial charge in [-0.2, -0.15) is 0 Å². The van der Waals surface area contributed by atoms with Crippen LogP contribution in [0.25, 0.3) is 0 Å². The Morgan fingerprint density at radius 3 is 2.54 bits per heavy atom. The van der Waals surface area contributed by atoms with Gasteiger partial charge in [-0.25, -0.2) is 4.79 Å². The molecule has 0 aliphatic rings. The molecule has 0 aliphatic heterocycles. The number of alkyl halides is 1. The summed E-state index contributed by atoms with van der Waals surface area (Å²) in [5, 5.41) is 5.74. The highest BCUT2D eigenvalue weighted by molar-refractivity contribution is 9.09. The van der Waals surface area contributed by atoms with Crippen LogP contribution in [0.2, 0.25) is 0 Å². The molecule has 0 saturated carbocycles. The molecule has 1 atom stereocenters. The maximum absolute atomic E-state index is 11.9. The van der Waals surface area contributed by atoms with Crippen molar-refractivity contribution in [2.45, 2.75) is 25.5 Å². The highest BCUT2D eigenvalue weighted by Crippen LogP contribution is 2.02. The van der Waals surface area contributed by atoms with Crippen LogP contribution in [0, 0.1) is 0 Å². The molecular formula is C16H21BrN2O5. The van der Waals surface area contributed by atoms with Crippen molar-refractivity contribution in [2.75, 3.05) is 19.0 Å². The number of hydrogen-bond acceptors (Lipinski definition) is 5. The first-order valence-electron chi connectivity index (χ1n) is 7.41. The third-order valence-electron chi connectivity index (χ3n) is 3.04. The van der Waals surface area contributed by atoms with Gasteiger partial charge in [0.05, 0.1) is 19.6 Å². The fourth-order valence-corrected chi connectivity index (χ4v) is 2.16. The molecule has 132 valence electrons. The Kier molecular flexibility index (Phi) is 9.52. The SMILES string of the molecule is COC(=O)C[C@H](CNC(=O)CCBr)NC(=O)OCc1ccccc1. The Balaban J connectivity index is 2.47. The van der Waals surface area contributed by atoms with Crippen molar-refractivity contribution in [3.05, 3.63) is 35.9 Å². The fourth-order valence-electron chi connectivity index (χ4n) is 1.80. The molecule has 1 aromatic rings. The molecule has 0 spiro atoms. The summed E-state index contributed by atoms with van der Waals surface area (Å²) in [5.41, 5.74) is 0.850. The van der Waals surface area contributed by atoms with E-state index in [1.807, 2.05) is 30.3 Å². The summed E-state index contributed by atoms with van der Waals surface area (Å²) in [5.74, 6) is -0.667. The number of alkyl carbamates (subject to hydrolysis) is 1. The lowest BCUT2D eigenvalue weighted by atomic mass is 10.2. The molecule has 8 heteroatoms. The lowest BCUT2D eigenvalue weighted by Crippen LogP contribution is -2.45. The van der Waals surface area contributed by atoms with Crippen LogP contribution in [0.5, 0.6) is 0 Å². The van der Waals surface area contributed by atoms with Crippen molar-refractivity contribution in [1.82, 2.24) is 10.6 Å². The Hall–Kier alpha value is -2.09.